The van der Waals surface area contributed by atoms with Gasteiger partial charge in [-0.05, 0) is 30.9 Å². The fourth-order valence-electron chi connectivity index (χ4n) is 4.02. The van der Waals surface area contributed by atoms with E-state index in [9.17, 15) is 4.79 Å². The first-order valence-electron chi connectivity index (χ1n) is 9.30. The van der Waals surface area contributed by atoms with Crippen LogP contribution in [0.3, 0.4) is 0 Å². The molecular weight excluding hydrogens is 322 g/mol. The van der Waals surface area contributed by atoms with Crippen LogP contribution in [0.2, 0.25) is 0 Å². The molecule has 2 aromatic carbocycles. The van der Waals surface area contributed by atoms with Crippen LogP contribution in [-0.2, 0) is 28.9 Å². The summed E-state index contributed by atoms with van der Waals surface area (Å²) in [5.41, 5.74) is 7.25. The molecule has 0 saturated carbocycles. The van der Waals surface area contributed by atoms with Crippen molar-refractivity contribution in [2.45, 2.75) is 32.7 Å². The minimum atomic E-state index is -0.156. The molecular formula is C23H23NO2. The molecule has 2 heterocycles. The van der Waals surface area contributed by atoms with Crippen molar-refractivity contribution in [3.05, 3.63) is 72.1 Å². The minimum absolute atomic E-state index is 0.156. The van der Waals surface area contributed by atoms with E-state index in [1.165, 1.54) is 22.4 Å². The third-order valence-corrected chi connectivity index (χ3v) is 5.02. The highest BCUT2D eigenvalue weighted by molar-refractivity contribution is 5.90. The van der Waals surface area contributed by atoms with Gasteiger partial charge in [0.05, 0.1) is 13.0 Å². The molecule has 1 aliphatic rings. The molecule has 0 aliphatic carbocycles. The number of fused-ring (bicyclic) bond motifs is 1. The summed E-state index contributed by atoms with van der Waals surface area (Å²) in [5.74, 6) is -0.156. The number of rotatable bonds is 5. The maximum absolute atomic E-state index is 12.3. The van der Waals surface area contributed by atoms with Gasteiger partial charge in [0.1, 0.15) is 0 Å². The number of nitrogens with zero attached hydrogens (tertiary/aromatic N) is 1. The van der Waals surface area contributed by atoms with Crippen molar-refractivity contribution in [2.75, 3.05) is 6.61 Å². The zero-order valence-corrected chi connectivity index (χ0v) is 15.1. The lowest BCUT2D eigenvalue weighted by atomic mass is 9.93. The summed E-state index contributed by atoms with van der Waals surface area (Å²) in [4.78, 5) is 12.3. The Morgan fingerprint density at radius 1 is 0.962 bits per heavy atom. The van der Waals surface area contributed by atoms with Crippen molar-refractivity contribution in [3.63, 3.8) is 0 Å². The second-order valence-corrected chi connectivity index (χ2v) is 6.61. The molecule has 4 rings (SSSR count). The van der Waals surface area contributed by atoms with E-state index in [2.05, 4.69) is 53.1 Å². The summed E-state index contributed by atoms with van der Waals surface area (Å²) in [6.07, 6.45) is 2.49. The number of ether oxygens (including phenoxy) is 1. The fraction of sp³-hybridized carbons (Fsp3) is 0.261. The Balaban J connectivity index is 1.95. The van der Waals surface area contributed by atoms with Crippen LogP contribution < -0.4 is 0 Å². The molecule has 1 aliphatic heterocycles. The standard InChI is InChI=1S/C23H23NO2/c1-2-26-21(25)16-20-23(18-12-7-4-8-13-18)22(17-10-5-3-6-11-17)19-14-9-15-24(19)20/h3-8,10-13H,2,9,14-16H2,1H3. The predicted octanol–water partition coefficient (Wildman–Crippen LogP) is 4.87. The molecule has 132 valence electrons. The first kappa shape index (κ1) is 16.6. The second-order valence-electron chi connectivity index (χ2n) is 6.61. The third kappa shape index (κ3) is 2.94. The van der Waals surface area contributed by atoms with Gasteiger partial charge < -0.3 is 9.30 Å². The van der Waals surface area contributed by atoms with Crippen molar-refractivity contribution in [1.82, 2.24) is 4.57 Å². The summed E-state index contributed by atoms with van der Waals surface area (Å²) in [6.45, 7) is 3.24. The molecule has 26 heavy (non-hydrogen) atoms. The van der Waals surface area contributed by atoms with E-state index in [1.807, 2.05) is 19.1 Å². The van der Waals surface area contributed by atoms with Crippen LogP contribution in [0, 0.1) is 0 Å². The number of carbonyl (C=O) groups is 1. The van der Waals surface area contributed by atoms with Crippen LogP contribution in [-0.4, -0.2) is 17.1 Å². The molecule has 0 atom stereocenters. The van der Waals surface area contributed by atoms with Gasteiger partial charge in [0, 0.05) is 29.1 Å². The van der Waals surface area contributed by atoms with Gasteiger partial charge >= 0.3 is 5.97 Å². The van der Waals surface area contributed by atoms with Gasteiger partial charge in [0.2, 0.25) is 0 Å². The fourth-order valence-corrected chi connectivity index (χ4v) is 4.02. The molecule has 0 saturated heterocycles. The number of benzene rings is 2. The summed E-state index contributed by atoms with van der Waals surface area (Å²) in [6, 6.07) is 20.9. The van der Waals surface area contributed by atoms with Crippen LogP contribution in [0.4, 0.5) is 0 Å². The lowest BCUT2D eigenvalue weighted by molar-refractivity contribution is -0.142. The zero-order chi connectivity index (χ0) is 17.9. The maximum Gasteiger partial charge on any atom is 0.311 e. The molecule has 3 nitrogen and oxygen atoms in total. The van der Waals surface area contributed by atoms with Crippen LogP contribution in [0.1, 0.15) is 24.7 Å². The Labute approximate surface area is 154 Å². The van der Waals surface area contributed by atoms with Crippen molar-refractivity contribution < 1.29 is 9.53 Å². The molecule has 1 aromatic heterocycles. The highest BCUT2D eigenvalue weighted by Crippen LogP contribution is 2.43. The molecule has 0 unspecified atom stereocenters. The van der Waals surface area contributed by atoms with Crippen molar-refractivity contribution >= 4 is 5.97 Å². The van der Waals surface area contributed by atoms with Crippen molar-refractivity contribution in [3.8, 4) is 22.3 Å². The molecule has 0 bridgehead atoms. The molecule has 3 heteroatoms. The summed E-state index contributed by atoms with van der Waals surface area (Å²) in [5, 5.41) is 0. The summed E-state index contributed by atoms with van der Waals surface area (Å²) >= 11 is 0. The quantitative estimate of drug-likeness (QED) is 0.618. The normalized spacial score (nSPS) is 12.8. The van der Waals surface area contributed by atoms with E-state index < -0.39 is 0 Å². The third-order valence-electron chi connectivity index (χ3n) is 5.02. The Morgan fingerprint density at radius 3 is 2.19 bits per heavy atom. The largest absolute Gasteiger partial charge is 0.466 e. The Morgan fingerprint density at radius 2 is 1.58 bits per heavy atom. The first-order valence-corrected chi connectivity index (χ1v) is 9.30. The lowest BCUT2D eigenvalue weighted by Crippen LogP contribution is -2.12. The van der Waals surface area contributed by atoms with Gasteiger partial charge in [-0.3, -0.25) is 4.79 Å². The zero-order valence-electron chi connectivity index (χ0n) is 15.1. The van der Waals surface area contributed by atoms with Gasteiger partial charge in [-0.1, -0.05) is 60.7 Å². The highest BCUT2D eigenvalue weighted by Gasteiger charge is 2.28. The van der Waals surface area contributed by atoms with E-state index in [0.29, 0.717) is 13.0 Å². The van der Waals surface area contributed by atoms with Crippen LogP contribution in [0.25, 0.3) is 22.3 Å². The molecule has 0 amide bonds. The van der Waals surface area contributed by atoms with Crippen LogP contribution in [0.5, 0.6) is 0 Å². The van der Waals surface area contributed by atoms with Gasteiger partial charge in [0.15, 0.2) is 0 Å². The molecule has 0 spiro atoms. The molecule has 0 radical (unpaired) electrons. The average molecular weight is 345 g/mol. The van der Waals surface area contributed by atoms with Crippen LogP contribution in [0.15, 0.2) is 60.7 Å². The number of hydrogen-bond donors (Lipinski definition) is 0. The van der Waals surface area contributed by atoms with Gasteiger partial charge in [-0.2, -0.15) is 0 Å². The second kappa shape index (κ2) is 7.20. The van der Waals surface area contributed by atoms with Gasteiger partial charge in [-0.15, -0.1) is 0 Å². The van der Waals surface area contributed by atoms with Gasteiger partial charge in [0.25, 0.3) is 0 Å². The predicted molar refractivity (Wildman–Crippen MR) is 104 cm³/mol. The first-order chi connectivity index (χ1) is 12.8. The van der Waals surface area contributed by atoms with Crippen molar-refractivity contribution in [2.24, 2.45) is 0 Å². The van der Waals surface area contributed by atoms with E-state index in [1.54, 1.807) is 0 Å². The Kier molecular flexibility index (Phi) is 4.61. The SMILES string of the molecule is CCOC(=O)Cc1c(-c2ccccc2)c(-c2ccccc2)c2n1CCC2. The summed E-state index contributed by atoms with van der Waals surface area (Å²) < 4.78 is 7.61. The monoisotopic (exact) mass is 345 g/mol. The highest BCUT2D eigenvalue weighted by atomic mass is 16.5. The number of hydrogen-bond acceptors (Lipinski definition) is 2. The van der Waals surface area contributed by atoms with Crippen LogP contribution >= 0.6 is 0 Å². The van der Waals surface area contributed by atoms with E-state index in [0.717, 1.165) is 30.6 Å². The lowest BCUT2D eigenvalue weighted by Gasteiger charge is -2.11. The Bertz CT molecular complexity index is 910. The number of carbonyl (C=O) groups excluding carboxylic acids is 1. The Hall–Kier alpha value is -2.81. The average Bonchev–Trinajstić information content (AvgIpc) is 3.25. The van der Waals surface area contributed by atoms with Gasteiger partial charge in [-0.25, -0.2) is 0 Å². The number of aromatic nitrogens is 1. The topological polar surface area (TPSA) is 31.2 Å². The smallest absolute Gasteiger partial charge is 0.311 e. The van der Waals surface area contributed by atoms with E-state index >= 15 is 0 Å². The molecule has 0 fully saturated rings. The molecule has 3 aromatic rings. The summed E-state index contributed by atoms with van der Waals surface area (Å²) in [7, 11) is 0. The maximum atomic E-state index is 12.3. The number of esters is 1. The molecule has 0 N–H and O–H groups in total. The minimum Gasteiger partial charge on any atom is -0.466 e. The van der Waals surface area contributed by atoms with E-state index in [-0.39, 0.29) is 5.97 Å². The van der Waals surface area contributed by atoms with E-state index in [4.69, 9.17) is 4.74 Å². The van der Waals surface area contributed by atoms with Crippen molar-refractivity contribution in [1.29, 1.82) is 0 Å².